The van der Waals surface area contributed by atoms with Crippen molar-refractivity contribution in [1.82, 2.24) is 0 Å². The normalized spacial score (nSPS) is 14.1. The van der Waals surface area contributed by atoms with E-state index in [1.807, 2.05) is 0 Å². The van der Waals surface area contributed by atoms with Crippen LogP contribution in [0.25, 0.3) is 0 Å². The van der Waals surface area contributed by atoms with Gasteiger partial charge in [-0.25, -0.2) is 8.78 Å². The molecule has 0 heterocycles. The first-order chi connectivity index (χ1) is 9.43. The van der Waals surface area contributed by atoms with Gasteiger partial charge in [0.25, 0.3) is 0 Å². The highest BCUT2D eigenvalue weighted by Crippen LogP contribution is 2.37. The summed E-state index contributed by atoms with van der Waals surface area (Å²) in [6.07, 6.45) is -3.48. The van der Waals surface area contributed by atoms with Gasteiger partial charge < -0.3 is 10.2 Å². The highest BCUT2D eigenvalue weighted by molar-refractivity contribution is 6.31. The fourth-order valence-electron chi connectivity index (χ4n) is 1.90. The third-order valence-electron chi connectivity index (χ3n) is 2.89. The summed E-state index contributed by atoms with van der Waals surface area (Å²) in [7, 11) is 0. The molecule has 0 aliphatic carbocycles. The summed E-state index contributed by atoms with van der Waals surface area (Å²) in [5, 5.41) is 20.0. The Hall–Kier alpha value is -1.20. The van der Waals surface area contributed by atoms with Gasteiger partial charge in [-0.15, -0.1) is 0 Å². The van der Waals surface area contributed by atoms with Gasteiger partial charge in [-0.3, -0.25) is 0 Å². The first-order valence-corrected chi connectivity index (χ1v) is 6.43. The lowest BCUT2D eigenvalue weighted by Gasteiger charge is -2.21. The molecule has 106 valence electrons. The second-order valence-corrected chi connectivity index (χ2v) is 4.97. The lowest BCUT2D eigenvalue weighted by molar-refractivity contribution is 0.0131. The van der Waals surface area contributed by atoms with Crippen molar-refractivity contribution in [2.45, 2.75) is 12.2 Å². The number of hydrogen-bond acceptors (Lipinski definition) is 2. The molecule has 0 fully saturated rings. The van der Waals surface area contributed by atoms with Gasteiger partial charge in [-0.2, -0.15) is 0 Å². The lowest BCUT2D eigenvalue weighted by Crippen LogP contribution is -2.14. The Kier molecular flexibility index (Phi) is 4.60. The molecule has 2 atom stereocenters. The van der Waals surface area contributed by atoms with Gasteiger partial charge in [0.2, 0.25) is 0 Å². The molecule has 0 amide bonds. The van der Waals surface area contributed by atoms with Gasteiger partial charge in [0.05, 0.1) is 0 Å². The Labute approximate surface area is 124 Å². The van der Waals surface area contributed by atoms with Gasteiger partial charge >= 0.3 is 0 Å². The fourth-order valence-corrected chi connectivity index (χ4v) is 2.45. The lowest BCUT2D eigenvalue weighted by atomic mass is 9.97. The molecule has 2 N–H and O–H groups in total. The molecule has 6 heteroatoms. The van der Waals surface area contributed by atoms with Gasteiger partial charge in [0.15, 0.2) is 0 Å². The van der Waals surface area contributed by atoms with Crippen molar-refractivity contribution < 1.29 is 19.0 Å². The van der Waals surface area contributed by atoms with E-state index in [9.17, 15) is 19.0 Å². The van der Waals surface area contributed by atoms with Crippen LogP contribution < -0.4 is 0 Å². The average Bonchev–Trinajstić information content (AvgIpc) is 2.37. The predicted molar refractivity (Wildman–Crippen MR) is 72.7 cm³/mol. The molecule has 2 unspecified atom stereocenters. The molecule has 2 aromatic rings. The van der Waals surface area contributed by atoms with Crippen LogP contribution in [0, 0.1) is 11.6 Å². The van der Waals surface area contributed by atoms with E-state index in [0.717, 1.165) is 12.1 Å². The molecule has 0 saturated carbocycles. The third kappa shape index (κ3) is 2.79. The molecule has 0 spiro atoms. The molecule has 0 radical (unpaired) electrons. The van der Waals surface area contributed by atoms with Gasteiger partial charge in [0.1, 0.15) is 23.8 Å². The zero-order valence-electron chi connectivity index (χ0n) is 10.0. The van der Waals surface area contributed by atoms with Crippen molar-refractivity contribution in [2.24, 2.45) is 0 Å². The summed E-state index contributed by atoms with van der Waals surface area (Å²) in [5.41, 5.74) is -0.609. The van der Waals surface area contributed by atoms with Crippen molar-refractivity contribution in [1.29, 1.82) is 0 Å². The molecule has 0 saturated heterocycles. The summed E-state index contributed by atoms with van der Waals surface area (Å²) in [4.78, 5) is 0. The van der Waals surface area contributed by atoms with Crippen molar-refractivity contribution in [3.63, 3.8) is 0 Å². The number of rotatable bonds is 3. The predicted octanol–water partition coefficient (Wildman–Crippen LogP) is 4.04. The molecule has 0 aliphatic rings. The Morgan fingerprint density at radius 2 is 1.10 bits per heavy atom. The molecule has 2 nitrogen and oxygen atoms in total. The van der Waals surface area contributed by atoms with E-state index in [0.29, 0.717) is 0 Å². The van der Waals surface area contributed by atoms with Crippen LogP contribution in [0.1, 0.15) is 23.3 Å². The molecule has 0 aromatic heterocycles. The van der Waals surface area contributed by atoms with Crippen molar-refractivity contribution >= 4 is 23.2 Å². The summed E-state index contributed by atoms with van der Waals surface area (Å²) in [5.74, 6) is -1.59. The smallest absolute Gasteiger partial charge is 0.130 e. The highest BCUT2D eigenvalue weighted by Gasteiger charge is 2.28. The van der Waals surface area contributed by atoms with Gasteiger partial charge in [0, 0.05) is 21.2 Å². The zero-order chi connectivity index (χ0) is 14.9. The summed E-state index contributed by atoms with van der Waals surface area (Å²) in [6, 6.07) is 7.60. The standard InChI is InChI=1S/C14H10Cl2F2O2/c15-7-3-1-5-9(17)11(7)13(19)14(20)12-8(16)4-2-6-10(12)18/h1-6,13-14,19-20H. The Bertz CT molecular complexity index is 539. The second-order valence-electron chi connectivity index (χ2n) is 4.16. The number of halogens is 4. The Morgan fingerprint density at radius 3 is 1.40 bits per heavy atom. The maximum absolute atomic E-state index is 13.7. The molecule has 20 heavy (non-hydrogen) atoms. The summed E-state index contributed by atoms with van der Waals surface area (Å²) in [6.45, 7) is 0. The average molecular weight is 319 g/mol. The molecular formula is C14H10Cl2F2O2. The van der Waals surface area contributed by atoms with Crippen molar-refractivity contribution in [2.75, 3.05) is 0 Å². The quantitative estimate of drug-likeness (QED) is 0.896. The summed E-state index contributed by atoms with van der Waals surface area (Å²) >= 11 is 11.6. The van der Waals surface area contributed by atoms with E-state index in [4.69, 9.17) is 23.2 Å². The SMILES string of the molecule is OC(c1c(F)cccc1Cl)C(O)c1c(F)cccc1Cl. The minimum Gasteiger partial charge on any atom is -0.385 e. The van der Waals surface area contributed by atoms with E-state index in [1.54, 1.807) is 0 Å². The van der Waals surface area contributed by atoms with Crippen LogP contribution in [0.15, 0.2) is 36.4 Å². The first-order valence-electron chi connectivity index (χ1n) is 5.67. The maximum Gasteiger partial charge on any atom is 0.130 e. The van der Waals surface area contributed by atoms with E-state index < -0.39 is 23.8 Å². The number of aliphatic hydroxyl groups excluding tert-OH is 2. The van der Waals surface area contributed by atoms with Crippen LogP contribution in [0.5, 0.6) is 0 Å². The topological polar surface area (TPSA) is 40.5 Å². The minimum atomic E-state index is -1.74. The monoisotopic (exact) mass is 318 g/mol. The van der Waals surface area contributed by atoms with E-state index in [1.165, 1.54) is 24.3 Å². The van der Waals surface area contributed by atoms with Crippen molar-refractivity contribution in [3.8, 4) is 0 Å². The third-order valence-corrected chi connectivity index (χ3v) is 3.55. The van der Waals surface area contributed by atoms with E-state index in [-0.39, 0.29) is 21.2 Å². The fraction of sp³-hybridized carbons (Fsp3) is 0.143. The second kappa shape index (κ2) is 6.06. The largest absolute Gasteiger partial charge is 0.385 e. The Balaban J connectivity index is 2.46. The molecule has 2 aromatic carbocycles. The van der Waals surface area contributed by atoms with Gasteiger partial charge in [-0.05, 0) is 24.3 Å². The van der Waals surface area contributed by atoms with Crippen LogP contribution in [-0.2, 0) is 0 Å². The zero-order valence-corrected chi connectivity index (χ0v) is 11.5. The molecule has 0 bridgehead atoms. The minimum absolute atomic E-state index is 0.0657. The van der Waals surface area contributed by atoms with Crippen molar-refractivity contribution in [3.05, 3.63) is 69.2 Å². The Morgan fingerprint density at radius 1 is 0.750 bits per heavy atom. The molecule has 2 rings (SSSR count). The number of aliphatic hydroxyl groups is 2. The van der Waals surface area contributed by atoms with Crippen LogP contribution in [0.3, 0.4) is 0 Å². The maximum atomic E-state index is 13.7. The molecule has 0 aliphatic heterocycles. The summed E-state index contributed by atoms with van der Waals surface area (Å²) < 4.78 is 27.4. The van der Waals surface area contributed by atoms with Crippen LogP contribution in [-0.4, -0.2) is 10.2 Å². The van der Waals surface area contributed by atoms with E-state index >= 15 is 0 Å². The van der Waals surface area contributed by atoms with E-state index in [2.05, 4.69) is 0 Å². The first kappa shape index (κ1) is 15.2. The highest BCUT2D eigenvalue weighted by atomic mass is 35.5. The number of hydrogen-bond donors (Lipinski definition) is 2. The van der Waals surface area contributed by atoms with Crippen LogP contribution in [0.4, 0.5) is 8.78 Å². The van der Waals surface area contributed by atoms with Gasteiger partial charge in [-0.1, -0.05) is 35.3 Å². The van der Waals surface area contributed by atoms with Crippen LogP contribution >= 0.6 is 23.2 Å². The van der Waals surface area contributed by atoms with Crippen LogP contribution in [0.2, 0.25) is 10.0 Å². The molecular weight excluding hydrogens is 309 g/mol. The number of benzene rings is 2.